The molecule has 0 spiro atoms. The number of alkyl carbamates (subject to hydrolysis) is 1. The van der Waals surface area contributed by atoms with Crippen molar-refractivity contribution in [3.63, 3.8) is 0 Å². The second-order valence-electron chi connectivity index (χ2n) is 13.1. The van der Waals surface area contributed by atoms with E-state index in [1.54, 1.807) is 18.2 Å². The van der Waals surface area contributed by atoms with Gasteiger partial charge in [0.1, 0.15) is 12.6 Å². The van der Waals surface area contributed by atoms with Crippen molar-refractivity contribution < 1.29 is 33.7 Å². The molecule has 1 saturated carbocycles. The summed E-state index contributed by atoms with van der Waals surface area (Å²) < 4.78 is 18.7. The van der Waals surface area contributed by atoms with Crippen LogP contribution >= 0.6 is 0 Å². The van der Waals surface area contributed by atoms with E-state index in [0.717, 1.165) is 41.0 Å². The number of imide groups is 1. The first-order chi connectivity index (χ1) is 23.8. The number of amides is 3. The molecule has 3 fully saturated rings. The van der Waals surface area contributed by atoms with E-state index in [1.807, 2.05) is 66.7 Å². The van der Waals surface area contributed by atoms with E-state index in [9.17, 15) is 19.5 Å². The SMILES string of the molecule is C=CCN(C[C@@H]1O[C@H](c2cccc(N3C(=O)CC(NC(=O)OCc4ccccc4)C3=O)c2)O[C@H](c2ccc(CO)cc2)[C@@H]1C)C1CCCC1. The number of rotatable bonds is 12. The number of hydrogen-bond donors (Lipinski definition) is 2. The highest BCUT2D eigenvalue weighted by Crippen LogP contribution is 2.43. The van der Waals surface area contributed by atoms with E-state index in [0.29, 0.717) is 23.8 Å². The summed E-state index contributed by atoms with van der Waals surface area (Å²) in [7, 11) is 0. The molecule has 3 aromatic carbocycles. The molecular formula is C39H45N3O7. The summed E-state index contributed by atoms with van der Waals surface area (Å²) in [4.78, 5) is 42.7. The minimum atomic E-state index is -1.04. The Labute approximate surface area is 287 Å². The molecule has 1 unspecified atom stereocenters. The maximum atomic E-state index is 13.4. The fraction of sp³-hybridized carbons (Fsp3) is 0.410. The Kier molecular flexibility index (Phi) is 11.2. The first kappa shape index (κ1) is 34.5. The average molecular weight is 668 g/mol. The average Bonchev–Trinajstić information content (AvgIpc) is 3.76. The second kappa shape index (κ2) is 15.9. The van der Waals surface area contributed by atoms with E-state index < -0.39 is 30.2 Å². The Morgan fingerprint density at radius 2 is 1.76 bits per heavy atom. The molecule has 5 atom stereocenters. The summed E-state index contributed by atoms with van der Waals surface area (Å²) in [6.07, 6.45) is 4.49. The molecule has 10 heteroatoms. The molecule has 0 aromatic heterocycles. The van der Waals surface area contributed by atoms with E-state index in [4.69, 9.17) is 14.2 Å². The van der Waals surface area contributed by atoms with Crippen LogP contribution in [0.5, 0.6) is 0 Å². The molecule has 3 amide bonds. The van der Waals surface area contributed by atoms with E-state index in [1.165, 1.54) is 12.8 Å². The molecule has 3 aromatic rings. The minimum absolute atomic E-state index is 0.00310. The largest absolute Gasteiger partial charge is 0.445 e. The number of nitrogens with one attached hydrogen (secondary N) is 1. The Bertz CT molecular complexity index is 1610. The van der Waals surface area contributed by atoms with Crippen LogP contribution in [0, 0.1) is 5.92 Å². The van der Waals surface area contributed by atoms with Crippen LogP contribution in [-0.2, 0) is 37.0 Å². The Morgan fingerprint density at radius 3 is 2.47 bits per heavy atom. The molecular weight excluding hydrogens is 622 g/mol. The number of anilines is 1. The molecule has 2 aliphatic heterocycles. The molecule has 1 aliphatic carbocycles. The van der Waals surface area contributed by atoms with Crippen LogP contribution < -0.4 is 10.2 Å². The second-order valence-corrected chi connectivity index (χ2v) is 13.1. The van der Waals surface area contributed by atoms with Crippen molar-refractivity contribution in [2.24, 2.45) is 5.92 Å². The van der Waals surface area contributed by atoms with Crippen LogP contribution in [0.4, 0.5) is 10.5 Å². The maximum absolute atomic E-state index is 13.4. The summed E-state index contributed by atoms with van der Waals surface area (Å²) in [5.74, 6) is -0.955. The van der Waals surface area contributed by atoms with Gasteiger partial charge in [-0.1, -0.05) is 92.6 Å². The number of nitrogens with zero attached hydrogens (tertiary/aromatic N) is 2. The van der Waals surface area contributed by atoms with Gasteiger partial charge in [-0.05, 0) is 41.7 Å². The quantitative estimate of drug-likeness (QED) is 0.180. The molecule has 0 radical (unpaired) electrons. The number of carbonyl (C=O) groups is 3. The summed E-state index contributed by atoms with van der Waals surface area (Å²) >= 11 is 0. The Balaban J connectivity index is 1.20. The number of aliphatic hydroxyl groups is 1. The zero-order chi connectivity index (χ0) is 34.3. The zero-order valence-corrected chi connectivity index (χ0v) is 27.9. The molecule has 0 bridgehead atoms. The van der Waals surface area contributed by atoms with Gasteiger partial charge in [-0.3, -0.25) is 14.5 Å². The summed E-state index contributed by atoms with van der Waals surface area (Å²) in [6.45, 7) is 7.63. The van der Waals surface area contributed by atoms with Crippen molar-refractivity contribution >= 4 is 23.6 Å². The lowest BCUT2D eigenvalue weighted by Gasteiger charge is -2.43. The summed E-state index contributed by atoms with van der Waals surface area (Å²) in [5, 5.41) is 12.2. The van der Waals surface area contributed by atoms with Crippen molar-refractivity contribution in [2.45, 2.75) is 82.8 Å². The van der Waals surface area contributed by atoms with Gasteiger partial charge in [0, 0.05) is 30.6 Å². The first-order valence-corrected chi connectivity index (χ1v) is 17.1. The van der Waals surface area contributed by atoms with Gasteiger partial charge in [-0.25, -0.2) is 9.69 Å². The number of aliphatic hydroxyl groups excluding tert-OH is 1. The van der Waals surface area contributed by atoms with Gasteiger partial charge >= 0.3 is 6.09 Å². The van der Waals surface area contributed by atoms with Crippen LogP contribution in [0.25, 0.3) is 0 Å². The van der Waals surface area contributed by atoms with Crippen LogP contribution in [0.1, 0.15) is 73.7 Å². The molecule has 2 N–H and O–H groups in total. The topological polar surface area (TPSA) is 118 Å². The van der Waals surface area contributed by atoms with E-state index in [2.05, 4.69) is 23.7 Å². The minimum Gasteiger partial charge on any atom is -0.445 e. The van der Waals surface area contributed by atoms with Crippen LogP contribution in [0.2, 0.25) is 0 Å². The van der Waals surface area contributed by atoms with Gasteiger partial charge in [0.2, 0.25) is 5.91 Å². The highest BCUT2D eigenvalue weighted by molar-refractivity contribution is 6.22. The number of ether oxygens (including phenoxy) is 3. The normalized spacial score (nSPS) is 24.4. The molecule has 2 saturated heterocycles. The summed E-state index contributed by atoms with van der Waals surface area (Å²) in [5.41, 5.74) is 3.65. The van der Waals surface area contributed by atoms with E-state index >= 15 is 0 Å². The third kappa shape index (κ3) is 8.11. The predicted octanol–water partition coefficient (Wildman–Crippen LogP) is 5.96. The smallest absolute Gasteiger partial charge is 0.408 e. The van der Waals surface area contributed by atoms with Gasteiger partial charge in [0.25, 0.3) is 5.91 Å². The van der Waals surface area contributed by atoms with Gasteiger partial charge in [-0.2, -0.15) is 0 Å². The summed E-state index contributed by atoms with van der Waals surface area (Å²) in [6, 6.07) is 23.5. The first-order valence-electron chi connectivity index (χ1n) is 17.1. The monoisotopic (exact) mass is 667 g/mol. The highest BCUT2D eigenvalue weighted by atomic mass is 16.7. The van der Waals surface area contributed by atoms with Crippen LogP contribution in [0.3, 0.4) is 0 Å². The lowest BCUT2D eigenvalue weighted by atomic mass is 9.89. The molecule has 49 heavy (non-hydrogen) atoms. The Morgan fingerprint density at radius 1 is 1.00 bits per heavy atom. The predicted molar refractivity (Wildman–Crippen MR) is 184 cm³/mol. The zero-order valence-electron chi connectivity index (χ0n) is 27.9. The molecule has 10 nitrogen and oxygen atoms in total. The number of carbonyl (C=O) groups excluding carboxylic acids is 3. The highest BCUT2D eigenvalue weighted by Gasteiger charge is 2.43. The lowest BCUT2D eigenvalue weighted by molar-refractivity contribution is -0.276. The van der Waals surface area contributed by atoms with Crippen LogP contribution in [0.15, 0.2) is 91.5 Å². The van der Waals surface area contributed by atoms with Gasteiger partial charge < -0.3 is 24.6 Å². The third-order valence-electron chi connectivity index (χ3n) is 9.79. The standard InChI is InChI=1S/C39H45N3O7/c1-3-20-41(31-13-7-8-14-31)23-34-26(2)36(29-18-16-27(24-43)17-19-29)49-38(48-34)30-12-9-15-32(21-30)42-35(44)22-33(37(42)45)40-39(46)47-25-28-10-5-4-6-11-28/h3-6,9-12,15-19,21,26,31,33-34,36,38,43H,1,7-8,13-14,20,22-25H2,2H3,(H,40,46)/t26-,33?,34+,36+,38+/m1/s1. The Hall–Kier alpha value is -4.35. The van der Waals surface area contributed by atoms with Crippen LogP contribution in [-0.4, -0.2) is 59.2 Å². The van der Waals surface area contributed by atoms with Gasteiger partial charge in [-0.15, -0.1) is 6.58 Å². The van der Waals surface area contributed by atoms with Gasteiger partial charge in [0.05, 0.1) is 30.9 Å². The van der Waals surface area contributed by atoms with Crippen molar-refractivity contribution in [2.75, 3.05) is 18.0 Å². The molecule has 3 aliphatic rings. The van der Waals surface area contributed by atoms with E-state index in [-0.39, 0.29) is 37.8 Å². The fourth-order valence-corrected chi connectivity index (χ4v) is 7.10. The lowest BCUT2D eigenvalue weighted by Crippen LogP contribution is -2.47. The van der Waals surface area contributed by atoms with Crippen molar-refractivity contribution in [1.82, 2.24) is 10.2 Å². The van der Waals surface area contributed by atoms with Crippen molar-refractivity contribution in [3.05, 3.63) is 114 Å². The number of hydrogen-bond acceptors (Lipinski definition) is 8. The third-order valence-corrected chi connectivity index (χ3v) is 9.79. The molecule has 2 heterocycles. The maximum Gasteiger partial charge on any atom is 0.408 e. The van der Waals surface area contributed by atoms with Crippen molar-refractivity contribution in [3.8, 4) is 0 Å². The molecule has 6 rings (SSSR count). The fourth-order valence-electron chi connectivity index (χ4n) is 7.10. The van der Waals surface area contributed by atoms with Gasteiger partial charge in [0.15, 0.2) is 6.29 Å². The van der Waals surface area contributed by atoms with Crippen molar-refractivity contribution in [1.29, 1.82) is 0 Å². The molecule has 258 valence electrons. The number of benzene rings is 3.